The van der Waals surface area contributed by atoms with Crippen LogP contribution in [-0.4, -0.2) is 76.6 Å². The summed E-state index contributed by atoms with van der Waals surface area (Å²) >= 11 is 1.03. The van der Waals surface area contributed by atoms with Crippen LogP contribution >= 0.6 is 11.3 Å². The van der Waals surface area contributed by atoms with Crippen molar-refractivity contribution in [2.45, 2.75) is 38.4 Å². The summed E-state index contributed by atoms with van der Waals surface area (Å²) in [6.07, 6.45) is 4.60. The monoisotopic (exact) mass is 655 g/mol. The van der Waals surface area contributed by atoms with Gasteiger partial charge in [-0.05, 0) is 44.5 Å². The van der Waals surface area contributed by atoms with E-state index in [2.05, 4.69) is 19.7 Å². The zero-order valence-electron chi connectivity index (χ0n) is 24.0. The van der Waals surface area contributed by atoms with Crippen molar-refractivity contribution in [2.24, 2.45) is 17.9 Å². The molecule has 1 aliphatic heterocycles. The number of ether oxygens (including phenoxy) is 1. The van der Waals surface area contributed by atoms with Gasteiger partial charge in [0.1, 0.15) is 18.3 Å². The van der Waals surface area contributed by atoms with Crippen LogP contribution in [0.3, 0.4) is 0 Å². The van der Waals surface area contributed by atoms with Gasteiger partial charge in [0.15, 0.2) is 36.1 Å². The van der Waals surface area contributed by atoms with E-state index in [1.807, 2.05) is 28.8 Å². The smallest absolute Gasteiger partial charge is 0.418 e. The van der Waals surface area contributed by atoms with Crippen molar-refractivity contribution in [3.8, 4) is 16.9 Å². The summed E-state index contributed by atoms with van der Waals surface area (Å²) in [6, 6.07) is 3.34. The fraction of sp³-hybridized carbons (Fsp3) is 0.400. The first-order valence-corrected chi connectivity index (χ1v) is 15.4. The van der Waals surface area contributed by atoms with Crippen LogP contribution in [0.1, 0.15) is 26.0 Å². The van der Waals surface area contributed by atoms with Crippen LogP contribution in [-0.2, 0) is 42.7 Å². The molecule has 6 N–H and O–H groups in total. The van der Waals surface area contributed by atoms with Gasteiger partial charge in [-0.1, -0.05) is 11.2 Å². The van der Waals surface area contributed by atoms with Crippen LogP contribution in [0, 0.1) is 5.82 Å². The molecule has 44 heavy (non-hydrogen) atoms. The number of aromatic nitrogens is 3. The third kappa shape index (κ3) is 7.48. The molecule has 0 saturated carbocycles. The van der Waals surface area contributed by atoms with Gasteiger partial charge in [-0.3, -0.25) is 14.1 Å². The first kappa shape index (κ1) is 32.7. The number of amides is 2. The second-order valence-corrected chi connectivity index (χ2v) is 12.0. The molecule has 1 aliphatic rings. The molecule has 1 saturated heterocycles. The molecule has 1 fully saturated rings. The van der Waals surface area contributed by atoms with E-state index >= 15 is 0 Å². The number of halogens is 1. The van der Waals surface area contributed by atoms with Crippen molar-refractivity contribution in [1.82, 2.24) is 20.0 Å². The number of hydroxylamine groups is 2. The highest BCUT2D eigenvalue weighted by Gasteiger charge is 2.58. The van der Waals surface area contributed by atoms with Crippen molar-refractivity contribution in [1.29, 1.82) is 0 Å². The summed E-state index contributed by atoms with van der Waals surface area (Å²) in [4.78, 5) is 34.7. The summed E-state index contributed by atoms with van der Waals surface area (Å²) in [5.74, 6) is -2.42. The lowest BCUT2D eigenvalue weighted by molar-refractivity contribution is -0.753. The highest BCUT2D eigenvalue weighted by molar-refractivity contribution is 7.80. The average molecular weight is 656 g/mol. The molecule has 19 heteroatoms. The van der Waals surface area contributed by atoms with Gasteiger partial charge in [0.2, 0.25) is 6.20 Å². The largest absolute Gasteiger partial charge is 0.487 e. The lowest BCUT2D eigenvalue weighted by Gasteiger charge is -2.50. The summed E-state index contributed by atoms with van der Waals surface area (Å²) in [5, 5.41) is 8.25. The van der Waals surface area contributed by atoms with E-state index in [4.69, 9.17) is 25.6 Å². The van der Waals surface area contributed by atoms with Crippen LogP contribution in [0.15, 0.2) is 41.1 Å². The number of hydrogen-bond acceptors (Lipinski definition) is 12. The van der Waals surface area contributed by atoms with E-state index in [1.54, 1.807) is 6.07 Å². The number of nitrogens with zero attached hydrogens (tertiary/aromatic N) is 5. The van der Waals surface area contributed by atoms with Gasteiger partial charge in [-0.2, -0.15) is 18.2 Å². The minimum Gasteiger partial charge on any atom is -0.487 e. The average Bonchev–Trinajstić information content (AvgIpc) is 3.55. The Bertz CT molecular complexity index is 1670. The maximum Gasteiger partial charge on any atom is 0.418 e. The van der Waals surface area contributed by atoms with Gasteiger partial charge >= 0.3 is 10.4 Å². The molecule has 0 aliphatic carbocycles. The van der Waals surface area contributed by atoms with Crippen LogP contribution in [0.25, 0.3) is 11.1 Å². The van der Waals surface area contributed by atoms with E-state index in [-0.39, 0.29) is 35.5 Å². The number of rotatable bonds is 14. The van der Waals surface area contributed by atoms with Crippen molar-refractivity contribution < 1.29 is 45.5 Å². The first-order valence-electron chi connectivity index (χ1n) is 13.1. The Balaban J connectivity index is 1.37. The molecule has 2 amide bonds. The number of hydrogen-bond donors (Lipinski definition) is 4. The van der Waals surface area contributed by atoms with E-state index in [1.165, 1.54) is 31.4 Å². The Labute approximate surface area is 255 Å². The summed E-state index contributed by atoms with van der Waals surface area (Å²) in [5.41, 5.74) is 11.1. The van der Waals surface area contributed by atoms with Gasteiger partial charge in [-0.25, -0.2) is 9.37 Å². The first-order chi connectivity index (χ1) is 20.7. The van der Waals surface area contributed by atoms with Crippen molar-refractivity contribution >= 4 is 44.4 Å². The second-order valence-electron chi connectivity index (χ2n) is 10.1. The zero-order chi connectivity index (χ0) is 32.2. The minimum atomic E-state index is -4.97. The molecule has 0 bridgehead atoms. The molecule has 0 radical (unpaired) electrons. The lowest BCUT2D eigenvalue weighted by Crippen LogP contribution is -2.76. The molecular formula is C25H32FN8O8S2+. The molecule has 3 heterocycles. The van der Waals surface area contributed by atoms with Crippen LogP contribution in [0.2, 0.25) is 0 Å². The number of carbonyl (C=O) groups excluding carboxylic acids is 2. The molecule has 2 aromatic heterocycles. The quantitative estimate of drug-likeness (QED) is 0.0457. The fourth-order valence-corrected chi connectivity index (χ4v) is 5.30. The standard InChI is InChI=1S/C25H31FN8O8S2/c1-25(2)21(23(36)34(25)42-44(37,38)39)30-22(35)20(18-14-43-24(28)29-18)31-41-10-9-40-19-6-5-15(11-17(19)26)16-12-32(3)33(13-16)8-4-7-27/h5-6,11-14,21H,4,7-10,27H2,1-3H3,(H3-,28,29,30,35,37,38,39)/p+1/b31-20-. The van der Waals surface area contributed by atoms with Crippen LogP contribution in [0.4, 0.5) is 9.52 Å². The number of carbonyl (C=O) groups is 2. The van der Waals surface area contributed by atoms with Crippen molar-refractivity contribution in [3.05, 3.63) is 47.5 Å². The number of nitrogens with two attached hydrogens (primary N) is 2. The van der Waals surface area contributed by atoms with E-state index in [0.29, 0.717) is 17.2 Å². The van der Waals surface area contributed by atoms with E-state index < -0.39 is 39.6 Å². The van der Waals surface area contributed by atoms with Crippen LogP contribution < -0.4 is 26.2 Å². The van der Waals surface area contributed by atoms with E-state index in [0.717, 1.165) is 29.9 Å². The predicted molar refractivity (Wildman–Crippen MR) is 155 cm³/mol. The molecule has 238 valence electrons. The van der Waals surface area contributed by atoms with Crippen molar-refractivity contribution in [2.75, 3.05) is 25.5 Å². The number of oxime groups is 1. The highest BCUT2D eigenvalue weighted by atomic mass is 32.3. The summed E-state index contributed by atoms with van der Waals surface area (Å²) < 4.78 is 59.5. The van der Waals surface area contributed by atoms with Gasteiger partial charge in [0.25, 0.3) is 11.8 Å². The SMILES string of the molecule is C[n+]1cc(-c2ccc(OCCO/N=C(\C(=O)NC3C(=O)N(OS(=O)(=O)O)C3(C)C)c3csc(N)n3)c(F)c2)cn1CCCN. The maximum atomic E-state index is 14.8. The topological polar surface area (TPSA) is 218 Å². The molecule has 16 nitrogen and oxygen atoms in total. The lowest BCUT2D eigenvalue weighted by atomic mass is 9.84. The van der Waals surface area contributed by atoms with Crippen molar-refractivity contribution in [3.63, 3.8) is 0 Å². The molecule has 1 atom stereocenters. The number of aryl methyl sites for hydroxylation is 2. The molecule has 1 aromatic carbocycles. The molecule has 4 rings (SSSR count). The van der Waals surface area contributed by atoms with Gasteiger partial charge < -0.3 is 26.4 Å². The summed E-state index contributed by atoms with van der Waals surface area (Å²) in [7, 11) is -3.08. The Kier molecular flexibility index (Phi) is 9.84. The van der Waals surface area contributed by atoms with Crippen LogP contribution in [0.5, 0.6) is 5.75 Å². The second kappa shape index (κ2) is 13.2. The number of anilines is 1. The minimum absolute atomic E-state index is 0.0131. The number of β-lactam (4-membered cyclic amide) rings is 1. The van der Waals surface area contributed by atoms with Gasteiger partial charge in [-0.15, -0.1) is 20.3 Å². The fourth-order valence-electron chi connectivity index (χ4n) is 4.30. The summed E-state index contributed by atoms with van der Waals surface area (Å²) in [6.45, 7) is 3.78. The Morgan fingerprint density at radius 2 is 2.07 bits per heavy atom. The molecule has 1 unspecified atom stereocenters. The number of benzene rings is 1. The predicted octanol–water partition coefficient (Wildman–Crippen LogP) is 0.146. The number of nitrogen functional groups attached to an aromatic ring is 1. The Morgan fingerprint density at radius 1 is 1.32 bits per heavy atom. The molecule has 3 aromatic rings. The van der Waals surface area contributed by atoms with E-state index in [9.17, 15) is 22.4 Å². The molecule has 0 spiro atoms. The van der Waals surface area contributed by atoms with Gasteiger partial charge in [0.05, 0.1) is 23.8 Å². The highest BCUT2D eigenvalue weighted by Crippen LogP contribution is 2.33. The Hall–Kier alpha value is -4.17. The maximum absolute atomic E-state index is 14.8. The third-order valence-corrected chi connectivity index (χ3v) is 7.58. The third-order valence-electron chi connectivity index (χ3n) is 6.56. The Morgan fingerprint density at radius 3 is 2.68 bits per heavy atom. The normalized spacial score (nSPS) is 16.5. The number of thiazole rings is 1. The zero-order valence-corrected chi connectivity index (χ0v) is 25.6. The number of nitrogens with one attached hydrogen (secondary N) is 1. The molecular weight excluding hydrogens is 623 g/mol. The van der Waals surface area contributed by atoms with Gasteiger partial charge in [0, 0.05) is 5.38 Å².